The normalized spacial score (nSPS) is 10.4. The van der Waals surface area contributed by atoms with Crippen molar-refractivity contribution in [3.05, 3.63) is 59.7 Å². The average molecular weight is 355 g/mol. The third kappa shape index (κ3) is 5.94. The highest BCUT2D eigenvalue weighted by atomic mass is 16.5. The fourth-order valence-corrected chi connectivity index (χ4v) is 2.04. The Morgan fingerprint density at radius 1 is 1.00 bits per heavy atom. The molecular formula is C19H21N3O4. The van der Waals surface area contributed by atoms with Crippen molar-refractivity contribution in [3.63, 3.8) is 0 Å². The van der Waals surface area contributed by atoms with Gasteiger partial charge < -0.3 is 14.8 Å². The second-order valence-electron chi connectivity index (χ2n) is 5.23. The number of rotatable bonds is 7. The maximum absolute atomic E-state index is 11.8. The molecule has 0 atom stereocenters. The van der Waals surface area contributed by atoms with Crippen LogP contribution in [0, 0.1) is 0 Å². The molecule has 0 spiro atoms. The van der Waals surface area contributed by atoms with Gasteiger partial charge in [-0.25, -0.2) is 5.43 Å². The minimum Gasteiger partial charge on any atom is -0.497 e. The molecule has 7 nitrogen and oxygen atoms in total. The molecule has 2 aromatic rings. The van der Waals surface area contributed by atoms with E-state index in [1.807, 2.05) is 6.92 Å². The van der Waals surface area contributed by atoms with Crippen molar-refractivity contribution in [3.8, 4) is 11.5 Å². The highest BCUT2D eigenvalue weighted by molar-refractivity contribution is 6.35. The number of benzene rings is 2. The van der Waals surface area contributed by atoms with Gasteiger partial charge in [0, 0.05) is 6.54 Å². The van der Waals surface area contributed by atoms with Gasteiger partial charge in [-0.2, -0.15) is 5.10 Å². The lowest BCUT2D eigenvalue weighted by molar-refractivity contribution is -0.139. The number of nitrogens with zero attached hydrogens (tertiary/aromatic N) is 1. The zero-order chi connectivity index (χ0) is 18.8. The quantitative estimate of drug-likeness (QED) is 0.451. The van der Waals surface area contributed by atoms with E-state index in [0.717, 1.165) is 22.6 Å². The summed E-state index contributed by atoms with van der Waals surface area (Å²) < 4.78 is 10.4. The topological polar surface area (TPSA) is 89.0 Å². The number of amides is 2. The number of hydrogen-bond donors (Lipinski definition) is 2. The number of nitrogens with one attached hydrogen (secondary N) is 2. The summed E-state index contributed by atoms with van der Waals surface area (Å²) in [6.07, 6.45) is 1.45. The molecule has 2 amide bonds. The summed E-state index contributed by atoms with van der Waals surface area (Å²) in [6, 6.07) is 14.4. The molecule has 0 aliphatic heterocycles. The molecular weight excluding hydrogens is 334 g/mol. The van der Waals surface area contributed by atoms with Crippen LogP contribution in [-0.4, -0.2) is 31.7 Å². The number of hydrogen-bond acceptors (Lipinski definition) is 5. The van der Waals surface area contributed by atoms with Crippen molar-refractivity contribution in [1.82, 2.24) is 10.7 Å². The average Bonchev–Trinajstić information content (AvgIpc) is 2.68. The molecule has 2 rings (SSSR count). The van der Waals surface area contributed by atoms with E-state index in [9.17, 15) is 9.59 Å². The molecule has 26 heavy (non-hydrogen) atoms. The first kappa shape index (κ1) is 19.0. The van der Waals surface area contributed by atoms with Crippen molar-refractivity contribution in [2.75, 3.05) is 13.7 Å². The van der Waals surface area contributed by atoms with Crippen LogP contribution in [0.2, 0.25) is 0 Å². The molecule has 0 saturated heterocycles. The third-order valence-corrected chi connectivity index (χ3v) is 3.39. The molecule has 0 aliphatic carbocycles. The van der Waals surface area contributed by atoms with Gasteiger partial charge in [0.05, 0.1) is 19.9 Å². The predicted molar refractivity (Wildman–Crippen MR) is 98.2 cm³/mol. The first-order valence-corrected chi connectivity index (χ1v) is 8.09. The Kier molecular flexibility index (Phi) is 7.17. The van der Waals surface area contributed by atoms with Crippen molar-refractivity contribution >= 4 is 18.0 Å². The Hall–Kier alpha value is -3.35. The maximum atomic E-state index is 11.8. The predicted octanol–water partition coefficient (Wildman–Crippen LogP) is 1.86. The summed E-state index contributed by atoms with van der Waals surface area (Å²) in [4.78, 5) is 23.5. The fraction of sp³-hybridized carbons (Fsp3) is 0.211. The van der Waals surface area contributed by atoms with Gasteiger partial charge >= 0.3 is 11.8 Å². The van der Waals surface area contributed by atoms with E-state index in [1.165, 1.54) is 6.21 Å². The van der Waals surface area contributed by atoms with Gasteiger partial charge in [-0.3, -0.25) is 9.59 Å². The second-order valence-corrected chi connectivity index (χ2v) is 5.23. The van der Waals surface area contributed by atoms with Gasteiger partial charge in [0.1, 0.15) is 11.5 Å². The Labute approximate surface area is 152 Å². The van der Waals surface area contributed by atoms with E-state index in [1.54, 1.807) is 55.6 Å². The van der Waals surface area contributed by atoms with E-state index >= 15 is 0 Å². The van der Waals surface area contributed by atoms with E-state index < -0.39 is 11.8 Å². The SMILES string of the molecule is CCOc1ccc(/C=N\NC(=O)C(=O)NCc2ccc(OC)cc2)cc1. The zero-order valence-corrected chi connectivity index (χ0v) is 14.7. The minimum atomic E-state index is -0.833. The standard InChI is InChI=1S/C19H21N3O4/c1-3-26-17-10-6-15(7-11-17)13-21-22-19(24)18(23)20-12-14-4-8-16(25-2)9-5-14/h4-11,13H,3,12H2,1-2H3,(H,20,23)(H,22,24)/b21-13-. The Morgan fingerprint density at radius 2 is 1.65 bits per heavy atom. The van der Waals surface area contributed by atoms with Gasteiger partial charge in [0.25, 0.3) is 0 Å². The van der Waals surface area contributed by atoms with E-state index in [0.29, 0.717) is 6.61 Å². The van der Waals surface area contributed by atoms with Crippen LogP contribution < -0.4 is 20.2 Å². The summed E-state index contributed by atoms with van der Waals surface area (Å²) in [5.74, 6) is -0.113. The molecule has 0 unspecified atom stereocenters. The zero-order valence-electron chi connectivity index (χ0n) is 14.7. The van der Waals surface area contributed by atoms with Gasteiger partial charge in [-0.1, -0.05) is 12.1 Å². The van der Waals surface area contributed by atoms with Crippen LogP contribution in [0.4, 0.5) is 0 Å². The molecule has 0 saturated carbocycles. The van der Waals surface area contributed by atoms with Crippen molar-refractivity contribution < 1.29 is 19.1 Å². The Balaban J connectivity index is 1.77. The monoisotopic (exact) mass is 355 g/mol. The summed E-state index contributed by atoms with van der Waals surface area (Å²) in [7, 11) is 1.58. The van der Waals surface area contributed by atoms with Crippen LogP contribution in [0.3, 0.4) is 0 Å². The van der Waals surface area contributed by atoms with Crippen LogP contribution in [0.15, 0.2) is 53.6 Å². The van der Waals surface area contributed by atoms with Crippen LogP contribution in [0.1, 0.15) is 18.1 Å². The summed E-state index contributed by atoms with van der Waals surface area (Å²) >= 11 is 0. The number of carbonyl (C=O) groups excluding carboxylic acids is 2. The number of carbonyl (C=O) groups is 2. The van der Waals surface area contributed by atoms with Crippen molar-refractivity contribution in [2.45, 2.75) is 13.5 Å². The molecule has 0 radical (unpaired) electrons. The van der Waals surface area contributed by atoms with E-state index in [-0.39, 0.29) is 6.54 Å². The molecule has 0 aromatic heterocycles. The van der Waals surface area contributed by atoms with Crippen LogP contribution in [-0.2, 0) is 16.1 Å². The second kappa shape index (κ2) is 9.83. The largest absolute Gasteiger partial charge is 0.497 e. The van der Waals surface area contributed by atoms with Crippen LogP contribution in [0.25, 0.3) is 0 Å². The first-order chi connectivity index (χ1) is 12.6. The lowest BCUT2D eigenvalue weighted by Gasteiger charge is -2.05. The molecule has 0 fully saturated rings. The molecule has 7 heteroatoms. The molecule has 2 aromatic carbocycles. The molecule has 0 aliphatic rings. The fourth-order valence-electron chi connectivity index (χ4n) is 2.04. The van der Waals surface area contributed by atoms with Crippen LogP contribution in [0.5, 0.6) is 11.5 Å². The van der Waals surface area contributed by atoms with Gasteiger partial charge in [-0.05, 0) is 54.4 Å². The smallest absolute Gasteiger partial charge is 0.329 e. The molecule has 0 bridgehead atoms. The molecule has 2 N–H and O–H groups in total. The lowest BCUT2D eigenvalue weighted by atomic mass is 10.2. The van der Waals surface area contributed by atoms with Crippen molar-refractivity contribution in [2.24, 2.45) is 5.10 Å². The Morgan fingerprint density at radius 3 is 2.27 bits per heavy atom. The molecule has 136 valence electrons. The maximum Gasteiger partial charge on any atom is 0.329 e. The third-order valence-electron chi connectivity index (χ3n) is 3.39. The van der Waals surface area contributed by atoms with Gasteiger partial charge in [-0.15, -0.1) is 0 Å². The highest BCUT2D eigenvalue weighted by Crippen LogP contribution is 2.11. The minimum absolute atomic E-state index is 0.235. The number of methoxy groups -OCH3 is 1. The van der Waals surface area contributed by atoms with Gasteiger partial charge in [0.2, 0.25) is 0 Å². The van der Waals surface area contributed by atoms with E-state index in [2.05, 4.69) is 15.8 Å². The summed E-state index contributed by atoms with van der Waals surface area (Å²) in [6.45, 7) is 2.73. The van der Waals surface area contributed by atoms with Crippen molar-refractivity contribution in [1.29, 1.82) is 0 Å². The molecule has 0 heterocycles. The lowest BCUT2D eigenvalue weighted by Crippen LogP contribution is -2.37. The van der Waals surface area contributed by atoms with Crippen LogP contribution >= 0.6 is 0 Å². The first-order valence-electron chi connectivity index (χ1n) is 8.09. The van der Waals surface area contributed by atoms with E-state index in [4.69, 9.17) is 9.47 Å². The Bertz CT molecular complexity index is 755. The van der Waals surface area contributed by atoms with Gasteiger partial charge in [0.15, 0.2) is 0 Å². The summed E-state index contributed by atoms with van der Waals surface area (Å²) in [5, 5.41) is 6.30. The number of hydrazone groups is 1. The summed E-state index contributed by atoms with van der Waals surface area (Å²) in [5.41, 5.74) is 3.81. The highest BCUT2D eigenvalue weighted by Gasteiger charge is 2.11. The number of ether oxygens (including phenoxy) is 2.